The SMILES string of the molecule is COC=Nc1ccc2c(c1)C(=O)C(=CC=CC=CC1=C([O-])c3cc(NC(C)=O)ccc3C1=O)C2=O. The van der Waals surface area contributed by atoms with Crippen LogP contribution in [0.4, 0.5) is 11.4 Å². The molecule has 1 N–H and O–H groups in total. The number of carbonyl (C=O) groups excluding carboxylic acids is 4. The molecule has 0 spiro atoms. The molecule has 0 aliphatic heterocycles. The molecule has 35 heavy (non-hydrogen) atoms. The molecule has 0 atom stereocenters. The highest BCUT2D eigenvalue weighted by atomic mass is 16.5. The van der Waals surface area contributed by atoms with Crippen molar-refractivity contribution in [2.45, 2.75) is 6.92 Å². The second-order valence-corrected chi connectivity index (χ2v) is 7.70. The van der Waals surface area contributed by atoms with Gasteiger partial charge in [0, 0.05) is 34.9 Å². The minimum Gasteiger partial charge on any atom is -0.872 e. The lowest BCUT2D eigenvalue weighted by molar-refractivity contribution is -0.244. The van der Waals surface area contributed by atoms with Crippen LogP contribution in [0, 0.1) is 0 Å². The Morgan fingerprint density at radius 3 is 2.37 bits per heavy atom. The van der Waals surface area contributed by atoms with Crippen LogP contribution in [-0.4, -0.2) is 36.8 Å². The van der Waals surface area contributed by atoms with Gasteiger partial charge in [-0.25, -0.2) is 4.99 Å². The zero-order chi connectivity index (χ0) is 25.1. The molecule has 2 aromatic rings. The molecule has 0 bridgehead atoms. The Labute approximate surface area is 200 Å². The van der Waals surface area contributed by atoms with Gasteiger partial charge in [-0.05, 0) is 48.0 Å². The number of rotatable bonds is 6. The Hall–Kier alpha value is -4.85. The second-order valence-electron chi connectivity index (χ2n) is 7.70. The number of benzene rings is 2. The molecule has 0 aromatic heterocycles. The van der Waals surface area contributed by atoms with Crippen LogP contribution >= 0.6 is 0 Å². The van der Waals surface area contributed by atoms with Crippen LogP contribution in [0.1, 0.15) is 43.6 Å². The molecule has 0 fully saturated rings. The minimum absolute atomic E-state index is 0.0103. The van der Waals surface area contributed by atoms with Crippen molar-refractivity contribution < 1.29 is 29.0 Å². The van der Waals surface area contributed by atoms with Crippen LogP contribution in [-0.2, 0) is 9.53 Å². The summed E-state index contributed by atoms with van der Waals surface area (Å²) in [6, 6.07) is 9.22. The van der Waals surface area contributed by atoms with E-state index < -0.39 is 17.3 Å². The van der Waals surface area contributed by atoms with E-state index in [-0.39, 0.29) is 39.5 Å². The zero-order valence-corrected chi connectivity index (χ0v) is 18.8. The summed E-state index contributed by atoms with van der Waals surface area (Å²) in [5.74, 6) is -1.93. The molecule has 4 rings (SSSR count). The van der Waals surface area contributed by atoms with Gasteiger partial charge in [-0.15, -0.1) is 0 Å². The number of hydrogen-bond acceptors (Lipinski definition) is 7. The van der Waals surface area contributed by atoms with Crippen LogP contribution in [0.15, 0.2) is 82.9 Å². The van der Waals surface area contributed by atoms with E-state index in [1.165, 1.54) is 69.0 Å². The number of hydrogen-bond donors (Lipinski definition) is 1. The molecular formula is C27H19N2O6-. The molecule has 1 amide bonds. The number of Topliss-reactive ketones (excluding diaryl/α,β-unsaturated/α-hetero) is 3. The summed E-state index contributed by atoms with van der Waals surface area (Å²) >= 11 is 0. The standard InChI is InChI=1S/C27H20N2O6/c1-15(30)29-17-9-11-19-23(13-17)27(34)21(25(19)32)7-5-3-4-6-20-24(31)18-10-8-16(28-14-35-2)12-22(18)26(20)33/h3-14,34H,1-2H3,(H,29,30)/p-1. The number of allylic oxidation sites excluding steroid dienone is 7. The highest BCUT2D eigenvalue weighted by Crippen LogP contribution is 2.32. The Morgan fingerprint density at radius 2 is 1.63 bits per heavy atom. The maximum Gasteiger partial charge on any atom is 0.221 e. The van der Waals surface area contributed by atoms with Crippen molar-refractivity contribution in [2.24, 2.45) is 4.99 Å². The normalized spacial score (nSPS) is 16.3. The molecule has 2 aromatic carbocycles. The van der Waals surface area contributed by atoms with Crippen LogP contribution < -0.4 is 10.4 Å². The Balaban J connectivity index is 1.50. The average Bonchev–Trinajstić information content (AvgIpc) is 3.21. The van der Waals surface area contributed by atoms with Crippen molar-refractivity contribution in [3.63, 3.8) is 0 Å². The first kappa shape index (κ1) is 23.3. The summed E-state index contributed by atoms with van der Waals surface area (Å²) < 4.78 is 4.77. The molecule has 2 aliphatic rings. The van der Waals surface area contributed by atoms with Crippen molar-refractivity contribution >= 4 is 46.8 Å². The number of methoxy groups -OCH3 is 1. The predicted octanol–water partition coefficient (Wildman–Crippen LogP) is 3.34. The van der Waals surface area contributed by atoms with Crippen LogP contribution in [0.3, 0.4) is 0 Å². The summed E-state index contributed by atoms with van der Waals surface area (Å²) in [4.78, 5) is 53.1. The average molecular weight is 467 g/mol. The van der Waals surface area contributed by atoms with E-state index in [1.54, 1.807) is 18.2 Å². The third-order valence-electron chi connectivity index (χ3n) is 5.36. The number of nitrogens with zero attached hydrogens (tertiary/aromatic N) is 1. The fraction of sp³-hybridized carbons (Fsp3) is 0.0741. The zero-order valence-electron chi connectivity index (χ0n) is 18.8. The van der Waals surface area contributed by atoms with Crippen molar-refractivity contribution in [3.8, 4) is 0 Å². The molecule has 8 heteroatoms. The third kappa shape index (κ3) is 4.49. The molecule has 0 heterocycles. The van der Waals surface area contributed by atoms with Gasteiger partial charge in [-0.1, -0.05) is 30.1 Å². The first-order valence-corrected chi connectivity index (χ1v) is 10.5. The number of anilines is 1. The second kappa shape index (κ2) is 9.56. The fourth-order valence-electron chi connectivity index (χ4n) is 3.78. The first-order chi connectivity index (χ1) is 16.8. The van der Waals surface area contributed by atoms with Gasteiger partial charge in [0.15, 0.2) is 23.8 Å². The van der Waals surface area contributed by atoms with E-state index in [2.05, 4.69) is 10.3 Å². The summed E-state index contributed by atoms with van der Waals surface area (Å²) in [5, 5.41) is 15.2. The maximum atomic E-state index is 12.7. The molecule has 2 aliphatic carbocycles. The van der Waals surface area contributed by atoms with Gasteiger partial charge in [-0.3, -0.25) is 19.2 Å². The Morgan fingerprint density at radius 1 is 0.914 bits per heavy atom. The van der Waals surface area contributed by atoms with E-state index in [0.29, 0.717) is 16.9 Å². The molecule has 174 valence electrons. The summed E-state index contributed by atoms with van der Waals surface area (Å²) in [6.45, 7) is 1.35. The lowest BCUT2D eigenvalue weighted by Crippen LogP contribution is -2.07. The van der Waals surface area contributed by atoms with Crippen LogP contribution in [0.5, 0.6) is 0 Å². The maximum absolute atomic E-state index is 12.7. The number of amides is 1. The summed E-state index contributed by atoms with van der Waals surface area (Å²) in [5.41, 5.74) is 1.97. The van der Waals surface area contributed by atoms with Crippen LogP contribution in [0.2, 0.25) is 0 Å². The lowest BCUT2D eigenvalue weighted by atomic mass is 10.1. The monoisotopic (exact) mass is 467 g/mol. The largest absolute Gasteiger partial charge is 0.872 e. The van der Waals surface area contributed by atoms with E-state index in [1.807, 2.05) is 0 Å². The van der Waals surface area contributed by atoms with Gasteiger partial charge in [0.2, 0.25) is 5.91 Å². The summed E-state index contributed by atoms with van der Waals surface area (Å²) in [6.07, 6.45) is 8.49. The number of aliphatic imine (C=N–C) groups is 1. The highest BCUT2D eigenvalue weighted by Gasteiger charge is 2.32. The molecule has 0 saturated heterocycles. The van der Waals surface area contributed by atoms with Gasteiger partial charge >= 0.3 is 0 Å². The van der Waals surface area contributed by atoms with Crippen LogP contribution in [0.25, 0.3) is 5.76 Å². The predicted molar refractivity (Wildman–Crippen MR) is 129 cm³/mol. The molecule has 0 unspecified atom stereocenters. The van der Waals surface area contributed by atoms with E-state index >= 15 is 0 Å². The Bertz CT molecular complexity index is 1440. The van der Waals surface area contributed by atoms with Gasteiger partial charge in [0.05, 0.1) is 18.4 Å². The number of nitrogens with one attached hydrogen (secondary N) is 1. The fourth-order valence-corrected chi connectivity index (χ4v) is 3.78. The topological polar surface area (TPSA) is 125 Å². The highest BCUT2D eigenvalue weighted by molar-refractivity contribution is 6.39. The number of carbonyl (C=O) groups is 4. The Kier molecular flexibility index (Phi) is 6.37. The van der Waals surface area contributed by atoms with Gasteiger partial charge in [0.25, 0.3) is 0 Å². The molecule has 8 nitrogen and oxygen atoms in total. The quantitative estimate of drug-likeness (QED) is 0.228. The third-order valence-corrected chi connectivity index (χ3v) is 5.36. The first-order valence-electron chi connectivity index (χ1n) is 10.5. The minimum atomic E-state index is -0.441. The van der Waals surface area contributed by atoms with Crippen molar-refractivity contribution in [3.05, 3.63) is 100 Å². The lowest BCUT2D eigenvalue weighted by Gasteiger charge is -2.11. The van der Waals surface area contributed by atoms with E-state index in [9.17, 15) is 24.3 Å². The molecular weight excluding hydrogens is 448 g/mol. The van der Waals surface area contributed by atoms with Gasteiger partial charge < -0.3 is 15.2 Å². The molecule has 0 radical (unpaired) electrons. The molecule has 0 saturated carbocycles. The smallest absolute Gasteiger partial charge is 0.221 e. The number of fused-ring (bicyclic) bond motifs is 2. The van der Waals surface area contributed by atoms with E-state index in [4.69, 9.17) is 4.74 Å². The van der Waals surface area contributed by atoms with Gasteiger partial charge in [-0.2, -0.15) is 0 Å². The number of ether oxygens (including phenoxy) is 1. The van der Waals surface area contributed by atoms with Crippen molar-refractivity contribution in [1.29, 1.82) is 0 Å². The van der Waals surface area contributed by atoms with E-state index in [0.717, 1.165) is 0 Å². The van der Waals surface area contributed by atoms with Crippen molar-refractivity contribution in [2.75, 3.05) is 12.4 Å². The summed E-state index contributed by atoms with van der Waals surface area (Å²) in [7, 11) is 1.45. The van der Waals surface area contributed by atoms with Gasteiger partial charge in [0.1, 0.15) is 0 Å². The van der Waals surface area contributed by atoms with Crippen molar-refractivity contribution in [1.82, 2.24) is 0 Å². The number of ketones is 3.